The Morgan fingerprint density at radius 1 is 0.950 bits per heavy atom. The van der Waals surface area contributed by atoms with Gasteiger partial charge in [0.15, 0.2) is 0 Å². The molecule has 0 amide bonds. The van der Waals surface area contributed by atoms with Crippen molar-refractivity contribution in [3.63, 3.8) is 0 Å². The van der Waals surface area contributed by atoms with Crippen LogP contribution in [-0.4, -0.2) is 8.42 Å². The number of rotatable bonds is 5. The number of hydrogen-bond donors (Lipinski definition) is 0. The number of aryl methyl sites for hydroxylation is 2. The van der Waals surface area contributed by atoms with E-state index in [9.17, 15) is 8.42 Å². The van der Waals surface area contributed by atoms with Gasteiger partial charge in [0.2, 0.25) is 0 Å². The van der Waals surface area contributed by atoms with Gasteiger partial charge in [-0.15, -0.1) is 0 Å². The van der Waals surface area contributed by atoms with E-state index in [0.717, 1.165) is 12.0 Å². The molecule has 2 aromatic rings. The summed E-state index contributed by atoms with van der Waals surface area (Å²) in [6.45, 7) is 0. The van der Waals surface area contributed by atoms with Gasteiger partial charge in [0.25, 0.3) is 10.0 Å². The molecule has 0 unspecified atom stereocenters. The molecule has 0 fully saturated rings. The fourth-order valence-corrected chi connectivity index (χ4v) is 2.91. The SMILES string of the molecule is [N-]=[N+]=NS(=O)(=O)c1ccccc1CCc1ccccc1. The highest BCUT2D eigenvalue weighted by Gasteiger charge is 2.16. The van der Waals surface area contributed by atoms with Crippen LogP contribution in [0.3, 0.4) is 0 Å². The zero-order valence-electron chi connectivity index (χ0n) is 10.7. The van der Waals surface area contributed by atoms with Crippen LogP contribution < -0.4 is 0 Å². The molecular formula is C14H13N3O2S. The third-order valence-electron chi connectivity index (χ3n) is 2.92. The molecule has 0 radical (unpaired) electrons. The van der Waals surface area contributed by atoms with Crippen molar-refractivity contribution in [2.75, 3.05) is 0 Å². The summed E-state index contributed by atoms with van der Waals surface area (Å²) < 4.78 is 26.6. The lowest BCUT2D eigenvalue weighted by molar-refractivity contribution is 0.596. The summed E-state index contributed by atoms with van der Waals surface area (Å²) in [7, 11) is -3.94. The fourth-order valence-electron chi connectivity index (χ4n) is 1.98. The van der Waals surface area contributed by atoms with Gasteiger partial charge >= 0.3 is 0 Å². The lowest BCUT2D eigenvalue weighted by atomic mass is 10.0. The topological polar surface area (TPSA) is 82.9 Å². The van der Waals surface area contributed by atoms with E-state index in [1.165, 1.54) is 6.07 Å². The first-order valence-corrected chi connectivity index (χ1v) is 7.51. The minimum atomic E-state index is -3.94. The number of sulfonamides is 1. The first-order chi connectivity index (χ1) is 9.63. The van der Waals surface area contributed by atoms with Crippen molar-refractivity contribution in [1.29, 1.82) is 0 Å². The van der Waals surface area contributed by atoms with Crippen LogP contribution in [0.4, 0.5) is 0 Å². The minimum absolute atomic E-state index is 0.0775. The Morgan fingerprint density at radius 3 is 2.30 bits per heavy atom. The molecular weight excluding hydrogens is 274 g/mol. The van der Waals surface area contributed by atoms with Crippen LogP contribution in [0.15, 0.2) is 64.0 Å². The first kappa shape index (κ1) is 14.1. The summed E-state index contributed by atoms with van der Waals surface area (Å²) in [6, 6.07) is 16.4. The zero-order chi connectivity index (χ0) is 14.4. The summed E-state index contributed by atoms with van der Waals surface area (Å²) in [5, 5.41) is 0. The molecule has 20 heavy (non-hydrogen) atoms. The molecule has 0 N–H and O–H groups in total. The minimum Gasteiger partial charge on any atom is -0.216 e. The van der Waals surface area contributed by atoms with Crippen molar-refractivity contribution < 1.29 is 8.42 Å². The van der Waals surface area contributed by atoms with Crippen molar-refractivity contribution in [2.45, 2.75) is 17.7 Å². The van der Waals surface area contributed by atoms with Gasteiger partial charge in [-0.1, -0.05) is 48.5 Å². The lowest BCUT2D eigenvalue weighted by Gasteiger charge is -2.07. The molecule has 0 saturated carbocycles. The molecule has 2 rings (SSSR count). The molecule has 0 saturated heterocycles. The Balaban J connectivity index is 2.27. The van der Waals surface area contributed by atoms with Crippen LogP contribution >= 0.6 is 0 Å². The molecule has 0 aliphatic heterocycles. The summed E-state index contributed by atoms with van der Waals surface area (Å²) >= 11 is 0. The number of hydrogen-bond acceptors (Lipinski definition) is 2. The van der Waals surface area contributed by atoms with E-state index >= 15 is 0 Å². The van der Waals surface area contributed by atoms with E-state index in [4.69, 9.17) is 5.53 Å². The van der Waals surface area contributed by atoms with Crippen molar-refractivity contribution >= 4 is 10.0 Å². The molecule has 0 atom stereocenters. The van der Waals surface area contributed by atoms with E-state index in [1.807, 2.05) is 30.3 Å². The summed E-state index contributed by atoms with van der Waals surface area (Å²) in [4.78, 5) is 2.46. The summed E-state index contributed by atoms with van der Waals surface area (Å²) in [5.74, 6) is 0. The maximum Gasteiger partial charge on any atom is 0.264 e. The lowest BCUT2D eigenvalue weighted by Crippen LogP contribution is -2.02. The van der Waals surface area contributed by atoms with Crippen molar-refractivity contribution in [1.82, 2.24) is 0 Å². The van der Waals surface area contributed by atoms with Crippen molar-refractivity contribution in [3.05, 3.63) is 76.2 Å². The Labute approximate surface area is 117 Å². The quantitative estimate of drug-likeness (QED) is 0.479. The highest BCUT2D eigenvalue weighted by molar-refractivity contribution is 7.90. The second-order valence-corrected chi connectivity index (χ2v) is 5.79. The average Bonchev–Trinajstić information content (AvgIpc) is 2.46. The van der Waals surface area contributed by atoms with Gasteiger partial charge in [-0.3, -0.25) is 0 Å². The van der Waals surface area contributed by atoms with E-state index in [-0.39, 0.29) is 4.90 Å². The summed E-state index contributed by atoms with van der Waals surface area (Å²) in [6.07, 6.45) is 1.30. The number of nitrogens with zero attached hydrogens (tertiary/aromatic N) is 3. The van der Waals surface area contributed by atoms with Gasteiger partial charge in [-0.2, -0.15) is 0 Å². The predicted molar refractivity (Wildman–Crippen MR) is 76.6 cm³/mol. The molecule has 0 bridgehead atoms. The van der Waals surface area contributed by atoms with Gasteiger partial charge in [-0.05, 0) is 35.6 Å². The molecule has 0 heterocycles. The molecule has 0 aromatic heterocycles. The Kier molecular flexibility index (Phi) is 4.40. The second kappa shape index (κ2) is 6.23. The standard InChI is InChI=1S/C14H13N3O2S/c15-16-17-20(18,19)14-9-5-4-8-13(14)11-10-12-6-2-1-3-7-12/h1-9H,10-11H2. The molecule has 102 valence electrons. The van der Waals surface area contributed by atoms with Crippen LogP contribution in [-0.2, 0) is 22.9 Å². The maximum absolute atomic E-state index is 11.8. The van der Waals surface area contributed by atoms with Crippen LogP contribution in [0.25, 0.3) is 10.4 Å². The summed E-state index contributed by atoms with van der Waals surface area (Å²) in [5.41, 5.74) is 10.1. The molecule has 6 heteroatoms. The van der Waals surface area contributed by atoms with Crippen LogP contribution in [0.5, 0.6) is 0 Å². The molecule has 0 aliphatic rings. The maximum atomic E-state index is 11.8. The smallest absolute Gasteiger partial charge is 0.216 e. The van der Waals surface area contributed by atoms with E-state index in [1.54, 1.807) is 18.2 Å². The Bertz CT molecular complexity index is 736. The van der Waals surface area contributed by atoms with Crippen LogP contribution in [0, 0.1) is 0 Å². The number of benzene rings is 2. The monoisotopic (exact) mass is 287 g/mol. The second-order valence-electron chi connectivity index (χ2n) is 4.24. The normalized spacial score (nSPS) is 10.8. The van der Waals surface area contributed by atoms with E-state index in [2.05, 4.69) is 9.43 Å². The van der Waals surface area contributed by atoms with E-state index < -0.39 is 10.0 Å². The fraction of sp³-hybridized carbons (Fsp3) is 0.143. The van der Waals surface area contributed by atoms with E-state index in [0.29, 0.717) is 12.0 Å². The third kappa shape index (κ3) is 3.38. The van der Waals surface area contributed by atoms with Crippen molar-refractivity contribution in [3.8, 4) is 0 Å². The molecule has 0 spiro atoms. The highest BCUT2D eigenvalue weighted by atomic mass is 32.2. The van der Waals surface area contributed by atoms with Gasteiger partial charge in [0, 0.05) is 9.43 Å². The van der Waals surface area contributed by atoms with Gasteiger partial charge in [-0.25, -0.2) is 8.42 Å². The van der Waals surface area contributed by atoms with Crippen molar-refractivity contribution in [2.24, 2.45) is 4.52 Å². The molecule has 2 aromatic carbocycles. The predicted octanol–water partition coefficient (Wildman–Crippen LogP) is 3.47. The highest BCUT2D eigenvalue weighted by Crippen LogP contribution is 2.20. The molecule has 5 nitrogen and oxygen atoms in total. The van der Waals surface area contributed by atoms with Gasteiger partial charge in [0.05, 0.1) is 4.90 Å². The Hall–Kier alpha value is -2.30. The van der Waals surface area contributed by atoms with Crippen LogP contribution in [0.1, 0.15) is 11.1 Å². The van der Waals surface area contributed by atoms with Gasteiger partial charge in [0.1, 0.15) is 0 Å². The zero-order valence-corrected chi connectivity index (χ0v) is 11.5. The largest absolute Gasteiger partial charge is 0.264 e. The average molecular weight is 287 g/mol. The Morgan fingerprint density at radius 2 is 1.60 bits per heavy atom. The van der Waals surface area contributed by atoms with Crippen LogP contribution in [0.2, 0.25) is 0 Å². The number of azide groups is 1. The van der Waals surface area contributed by atoms with Gasteiger partial charge < -0.3 is 0 Å². The molecule has 0 aliphatic carbocycles. The first-order valence-electron chi connectivity index (χ1n) is 6.07. The third-order valence-corrected chi connectivity index (χ3v) is 4.16.